The largest absolute Gasteiger partial charge is 0.324 e. The zero-order valence-electron chi connectivity index (χ0n) is 9.09. The standard InChI is InChI=1S/C12H16FNO/c1-8-7-10(4-5-11(8)13)12(14)6-3-9(2)15/h4-5,7,12H,3,6,14H2,1-2H3. The Morgan fingerprint density at radius 1 is 1.53 bits per heavy atom. The lowest BCUT2D eigenvalue weighted by atomic mass is 10.00. The molecule has 0 amide bonds. The van der Waals surface area contributed by atoms with Gasteiger partial charge in [-0.2, -0.15) is 0 Å². The van der Waals surface area contributed by atoms with E-state index in [4.69, 9.17) is 5.73 Å². The number of aryl methyl sites for hydroxylation is 1. The van der Waals surface area contributed by atoms with Gasteiger partial charge < -0.3 is 10.5 Å². The van der Waals surface area contributed by atoms with Crippen molar-refractivity contribution in [2.75, 3.05) is 0 Å². The second kappa shape index (κ2) is 5.03. The monoisotopic (exact) mass is 209 g/mol. The van der Waals surface area contributed by atoms with Gasteiger partial charge in [0, 0.05) is 12.5 Å². The van der Waals surface area contributed by atoms with Crippen molar-refractivity contribution in [3.63, 3.8) is 0 Å². The van der Waals surface area contributed by atoms with Crippen molar-refractivity contribution in [2.24, 2.45) is 5.73 Å². The Bertz CT molecular complexity index is 363. The van der Waals surface area contributed by atoms with E-state index in [1.165, 1.54) is 6.07 Å². The molecule has 2 N–H and O–H groups in total. The third-order valence-electron chi connectivity index (χ3n) is 2.42. The van der Waals surface area contributed by atoms with Crippen LogP contribution in [0, 0.1) is 12.7 Å². The van der Waals surface area contributed by atoms with Crippen molar-refractivity contribution in [1.29, 1.82) is 0 Å². The molecule has 0 fully saturated rings. The van der Waals surface area contributed by atoms with Crippen LogP contribution in [0.15, 0.2) is 18.2 Å². The van der Waals surface area contributed by atoms with Crippen molar-refractivity contribution in [3.05, 3.63) is 35.1 Å². The molecule has 0 aliphatic heterocycles. The van der Waals surface area contributed by atoms with Crippen molar-refractivity contribution in [2.45, 2.75) is 32.7 Å². The summed E-state index contributed by atoms with van der Waals surface area (Å²) in [6.45, 7) is 3.25. The molecule has 0 aliphatic rings. The molecule has 2 nitrogen and oxygen atoms in total. The summed E-state index contributed by atoms with van der Waals surface area (Å²) in [4.78, 5) is 10.8. The van der Waals surface area contributed by atoms with E-state index in [1.54, 1.807) is 26.0 Å². The molecule has 0 saturated carbocycles. The van der Waals surface area contributed by atoms with Crippen LogP contribution in [0.2, 0.25) is 0 Å². The maximum atomic E-state index is 13.0. The molecule has 1 unspecified atom stereocenters. The van der Waals surface area contributed by atoms with Crippen molar-refractivity contribution in [1.82, 2.24) is 0 Å². The molecule has 1 aromatic rings. The average Bonchev–Trinajstić information content (AvgIpc) is 2.18. The fraction of sp³-hybridized carbons (Fsp3) is 0.417. The Balaban J connectivity index is 2.69. The number of nitrogens with two attached hydrogens (primary N) is 1. The first-order valence-electron chi connectivity index (χ1n) is 5.01. The predicted molar refractivity (Wildman–Crippen MR) is 58.0 cm³/mol. The van der Waals surface area contributed by atoms with Gasteiger partial charge in [-0.1, -0.05) is 12.1 Å². The van der Waals surface area contributed by atoms with E-state index < -0.39 is 0 Å². The highest BCUT2D eigenvalue weighted by molar-refractivity contribution is 5.75. The Morgan fingerprint density at radius 2 is 2.20 bits per heavy atom. The summed E-state index contributed by atoms with van der Waals surface area (Å²) in [5, 5.41) is 0. The van der Waals surface area contributed by atoms with E-state index in [0.717, 1.165) is 5.56 Å². The Morgan fingerprint density at radius 3 is 2.73 bits per heavy atom. The third kappa shape index (κ3) is 3.44. The Labute approximate surface area is 89.3 Å². The summed E-state index contributed by atoms with van der Waals surface area (Å²) < 4.78 is 13.0. The van der Waals surface area contributed by atoms with Crippen LogP contribution in [0.3, 0.4) is 0 Å². The fourth-order valence-corrected chi connectivity index (χ4v) is 1.42. The maximum absolute atomic E-state index is 13.0. The lowest BCUT2D eigenvalue weighted by molar-refractivity contribution is -0.117. The number of Topliss-reactive ketones (excluding diaryl/α,β-unsaturated/α-hetero) is 1. The van der Waals surface area contributed by atoms with Crippen LogP contribution in [0.5, 0.6) is 0 Å². The van der Waals surface area contributed by atoms with Gasteiger partial charge in [-0.3, -0.25) is 0 Å². The molecular weight excluding hydrogens is 193 g/mol. The van der Waals surface area contributed by atoms with E-state index in [2.05, 4.69) is 0 Å². The summed E-state index contributed by atoms with van der Waals surface area (Å²) in [6.07, 6.45) is 1.08. The SMILES string of the molecule is CC(=O)CCC(N)c1ccc(F)c(C)c1. The van der Waals surface area contributed by atoms with Gasteiger partial charge in [0.1, 0.15) is 11.6 Å². The first-order chi connectivity index (χ1) is 7.00. The molecule has 1 atom stereocenters. The predicted octanol–water partition coefficient (Wildman–Crippen LogP) is 2.50. The Kier molecular flexibility index (Phi) is 3.97. The first-order valence-corrected chi connectivity index (χ1v) is 5.01. The van der Waals surface area contributed by atoms with E-state index in [0.29, 0.717) is 18.4 Å². The molecule has 1 aromatic carbocycles. The first kappa shape index (κ1) is 11.9. The van der Waals surface area contributed by atoms with Gasteiger partial charge >= 0.3 is 0 Å². The van der Waals surface area contributed by atoms with Crippen LogP contribution < -0.4 is 5.73 Å². The van der Waals surface area contributed by atoms with Crippen LogP contribution in [0.4, 0.5) is 4.39 Å². The van der Waals surface area contributed by atoms with Crippen LogP contribution in [0.1, 0.15) is 36.9 Å². The smallest absolute Gasteiger partial charge is 0.129 e. The highest BCUT2D eigenvalue weighted by atomic mass is 19.1. The van der Waals surface area contributed by atoms with Crippen LogP contribution in [-0.4, -0.2) is 5.78 Å². The number of ketones is 1. The van der Waals surface area contributed by atoms with E-state index >= 15 is 0 Å². The Hall–Kier alpha value is -1.22. The summed E-state index contributed by atoms with van der Waals surface area (Å²) in [5.74, 6) is -0.0956. The summed E-state index contributed by atoms with van der Waals surface area (Å²) >= 11 is 0. The van der Waals surface area contributed by atoms with Crippen LogP contribution in [-0.2, 0) is 4.79 Å². The summed E-state index contributed by atoms with van der Waals surface area (Å²) in [7, 11) is 0. The normalized spacial score (nSPS) is 12.5. The number of hydrogen-bond donors (Lipinski definition) is 1. The highest BCUT2D eigenvalue weighted by Gasteiger charge is 2.08. The molecule has 0 aliphatic carbocycles. The van der Waals surface area contributed by atoms with E-state index in [1.807, 2.05) is 0 Å². The van der Waals surface area contributed by atoms with Gasteiger partial charge in [0.05, 0.1) is 0 Å². The number of halogens is 1. The number of carbonyl (C=O) groups excluding carboxylic acids is 1. The van der Waals surface area contributed by atoms with Crippen molar-refractivity contribution in [3.8, 4) is 0 Å². The lowest BCUT2D eigenvalue weighted by Gasteiger charge is -2.11. The number of carbonyl (C=O) groups is 1. The summed E-state index contributed by atoms with van der Waals surface area (Å²) in [6, 6.07) is 4.64. The molecule has 15 heavy (non-hydrogen) atoms. The molecule has 0 spiro atoms. The molecule has 82 valence electrons. The van der Waals surface area contributed by atoms with Gasteiger partial charge in [-0.05, 0) is 37.5 Å². The molecule has 0 saturated heterocycles. The number of rotatable bonds is 4. The summed E-state index contributed by atoms with van der Waals surface area (Å²) in [5.41, 5.74) is 7.36. The van der Waals surface area contributed by atoms with Gasteiger partial charge in [0.25, 0.3) is 0 Å². The van der Waals surface area contributed by atoms with E-state index in [9.17, 15) is 9.18 Å². The second-order valence-electron chi connectivity index (χ2n) is 3.86. The van der Waals surface area contributed by atoms with Gasteiger partial charge in [-0.25, -0.2) is 4.39 Å². The minimum Gasteiger partial charge on any atom is -0.324 e. The maximum Gasteiger partial charge on any atom is 0.129 e. The van der Waals surface area contributed by atoms with E-state index in [-0.39, 0.29) is 17.6 Å². The fourth-order valence-electron chi connectivity index (χ4n) is 1.42. The number of hydrogen-bond acceptors (Lipinski definition) is 2. The van der Waals surface area contributed by atoms with Crippen LogP contribution in [0.25, 0.3) is 0 Å². The molecular formula is C12H16FNO. The lowest BCUT2D eigenvalue weighted by Crippen LogP contribution is -2.12. The highest BCUT2D eigenvalue weighted by Crippen LogP contribution is 2.18. The van der Waals surface area contributed by atoms with Gasteiger partial charge in [-0.15, -0.1) is 0 Å². The molecule has 0 radical (unpaired) electrons. The molecule has 1 rings (SSSR count). The molecule has 0 bridgehead atoms. The average molecular weight is 209 g/mol. The zero-order valence-corrected chi connectivity index (χ0v) is 9.09. The minimum absolute atomic E-state index is 0.129. The van der Waals surface area contributed by atoms with Crippen molar-refractivity contribution < 1.29 is 9.18 Å². The quantitative estimate of drug-likeness (QED) is 0.827. The number of benzene rings is 1. The second-order valence-corrected chi connectivity index (χ2v) is 3.86. The van der Waals surface area contributed by atoms with Crippen LogP contribution >= 0.6 is 0 Å². The van der Waals surface area contributed by atoms with Gasteiger partial charge in [0.2, 0.25) is 0 Å². The third-order valence-corrected chi connectivity index (χ3v) is 2.42. The van der Waals surface area contributed by atoms with Crippen molar-refractivity contribution >= 4 is 5.78 Å². The topological polar surface area (TPSA) is 43.1 Å². The minimum atomic E-state index is -0.225. The zero-order chi connectivity index (χ0) is 11.4. The molecule has 3 heteroatoms. The molecule has 0 heterocycles. The van der Waals surface area contributed by atoms with Gasteiger partial charge in [0.15, 0.2) is 0 Å². The molecule has 0 aromatic heterocycles.